The Morgan fingerprint density at radius 3 is 2.94 bits per heavy atom. The second-order valence-corrected chi connectivity index (χ2v) is 4.59. The lowest BCUT2D eigenvalue weighted by Gasteiger charge is -2.20. The second kappa shape index (κ2) is 8.12. The van der Waals surface area contributed by atoms with Crippen LogP contribution in [0.5, 0.6) is 0 Å². The van der Waals surface area contributed by atoms with Gasteiger partial charge in [-0.05, 0) is 19.3 Å². The normalized spacial score (nSPS) is 24.8. The lowest BCUT2D eigenvalue weighted by Crippen LogP contribution is -2.41. The van der Waals surface area contributed by atoms with E-state index in [4.69, 9.17) is 10.5 Å². The molecule has 4 nitrogen and oxygen atoms in total. The quantitative estimate of drug-likeness (QED) is 0.421. The Morgan fingerprint density at radius 1 is 1.41 bits per heavy atom. The Labute approximate surface area is 104 Å². The maximum absolute atomic E-state index is 11.9. The van der Waals surface area contributed by atoms with Crippen molar-refractivity contribution in [3.8, 4) is 0 Å². The molecule has 0 aliphatic heterocycles. The molecule has 0 aromatic carbocycles. The number of ether oxygens (including phenoxy) is 1. The van der Waals surface area contributed by atoms with Gasteiger partial charge in [0.1, 0.15) is 0 Å². The Bertz CT molecular complexity index is 244. The van der Waals surface area contributed by atoms with Crippen LogP contribution in [0.2, 0.25) is 0 Å². The number of carbonyl (C=O) groups excluding carboxylic acids is 1. The van der Waals surface area contributed by atoms with Crippen LogP contribution in [-0.2, 0) is 9.53 Å². The van der Waals surface area contributed by atoms with Gasteiger partial charge in [-0.3, -0.25) is 4.79 Å². The number of hydrogen-bond acceptors (Lipinski definition) is 3. The first-order valence-electron chi connectivity index (χ1n) is 6.51. The molecular weight excluding hydrogens is 216 g/mol. The lowest BCUT2D eigenvalue weighted by molar-refractivity contribution is -0.125. The maximum atomic E-state index is 11.9. The van der Waals surface area contributed by atoms with E-state index in [9.17, 15) is 4.79 Å². The number of nitrogens with two attached hydrogens (primary N) is 1. The van der Waals surface area contributed by atoms with Crippen LogP contribution in [0.1, 0.15) is 38.5 Å². The van der Waals surface area contributed by atoms with Crippen LogP contribution < -0.4 is 11.1 Å². The van der Waals surface area contributed by atoms with Gasteiger partial charge in [-0.25, -0.2) is 0 Å². The van der Waals surface area contributed by atoms with Gasteiger partial charge in [0.2, 0.25) is 5.91 Å². The highest BCUT2D eigenvalue weighted by Crippen LogP contribution is 2.22. The fourth-order valence-electron chi connectivity index (χ4n) is 2.24. The van der Waals surface area contributed by atoms with Gasteiger partial charge in [-0.1, -0.05) is 25.8 Å². The summed E-state index contributed by atoms with van der Waals surface area (Å²) in [5.41, 5.74) is 6.03. The van der Waals surface area contributed by atoms with Gasteiger partial charge in [0.15, 0.2) is 0 Å². The topological polar surface area (TPSA) is 64.3 Å². The molecule has 0 aromatic rings. The van der Waals surface area contributed by atoms with Crippen LogP contribution >= 0.6 is 0 Å². The molecule has 2 unspecified atom stereocenters. The molecule has 0 heterocycles. The van der Waals surface area contributed by atoms with E-state index in [2.05, 4.69) is 11.9 Å². The third kappa shape index (κ3) is 5.22. The van der Waals surface area contributed by atoms with E-state index in [1.807, 2.05) is 0 Å². The molecule has 0 bridgehead atoms. The Kier molecular flexibility index (Phi) is 6.70. The predicted octanol–water partition coefficient (Wildman–Crippen LogP) is 1.56. The summed E-state index contributed by atoms with van der Waals surface area (Å²) in [4.78, 5) is 11.9. The van der Waals surface area contributed by atoms with Gasteiger partial charge in [0.05, 0.1) is 18.8 Å². The number of rotatable bonds is 6. The van der Waals surface area contributed by atoms with Crippen molar-refractivity contribution in [2.45, 2.75) is 44.6 Å². The molecule has 2 atom stereocenters. The molecule has 0 radical (unpaired) electrons. The summed E-state index contributed by atoms with van der Waals surface area (Å²) in [5, 5.41) is 2.94. The molecule has 98 valence electrons. The summed E-state index contributed by atoms with van der Waals surface area (Å²) in [6.07, 6.45) is 7.59. The van der Waals surface area contributed by atoms with Gasteiger partial charge in [0, 0.05) is 12.6 Å². The molecule has 1 aliphatic carbocycles. The zero-order valence-electron chi connectivity index (χ0n) is 10.5. The summed E-state index contributed by atoms with van der Waals surface area (Å²) >= 11 is 0. The molecule has 1 aliphatic rings. The van der Waals surface area contributed by atoms with Crippen molar-refractivity contribution in [3.05, 3.63) is 12.8 Å². The first-order valence-corrected chi connectivity index (χ1v) is 6.51. The lowest BCUT2D eigenvalue weighted by atomic mass is 9.94. The van der Waals surface area contributed by atoms with Gasteiger partial charge < -0.3 is 15.8 Å². The first kappa shape index (κ1) is 14.0. The van der Waals surface area contributed by atoms with Crippen LogP contribution in [0.15, 0.2) is 12.8 Å². The van der Waals surface area contributed by atoms with Gasteiger partial charge >= 0.3 is 0 Å². The van der Waals surface area contributed by atoms with E-state index in [-0.39, 0.29) is 17.9 Å². The van der Waals surface area contributed by atoms with E-state index in [0.29, 0.717) is 13.2 Å². The number of nitrogens with one attached hydrogen (secondary N) is 1. The fourth-order valence-corrected chi connectivity index (χ4v) is 2.24. The van der Waals surface area contributed by atoms with Crippen LogP contribution in [0.3, 0.4) is 0 Å². The Morgan fingerprint density at radius 2 is 2.18 bits per heavy atom. The van der Waals surface area contributed by atoms with Gasteiger partial charge in [0.25, 0.3) is 0 Å². The highest BCUT2D eigenvalue weighted by molar-refractivity contribution is 5.79. The molecular formula is C13H24N2O2. The SMILES string of the molecule is C=COCCCNC(=O)C1CCCCCC1N. The highest BCUT2D eigenvalue weighted by atomic mass is 16.5. The zero-order valence-corrected chi connectivity index (χ0v) is 10.5. The summed E-state index contributed by atoms with van der Waals surface area (Å²) in [6.45, 7) is 4.71. The minimum absolute atomic E-state index is 0.00202. The van der Waals surface area contributed by atoms with Crippen molar-refractivity contribution < 1.29 is 9.53 Å². The van der Waals surface area contributed by atoms with Crippen LogP contribution in [0.4, 0.5) is 0 Å². The van der Waals surface area contributed by atoms with Crippen molar-refractivity contribution in [1.29, 1.82) is 0 Å². The minimum atomic E-state index is -0.00202. The van der Waals surface area contributed by atoms with Crippen molar-refractivity contribution in [2.24, 2.45) is 11.7 Å². The number of hydrogen-bond donors (Lipinski definition) is 2. The Balaban J connectivity index is 2.22. The summed E-state index contributed by atoms with van der Waals surface area (Å²) in [6, 6.07) is 0.0296. The highest BCUT2D eigenvalue weighted by Gasteiger charge is 2.26. The van der Waals surface area contributed by atoms with Crippen molar-refractivity contribution in [3.63, 3.8) is 0 Å². The number of amides is 1. The molecule has 1 rings (SSSR count). The molecule has 1 fully saturated rings. The van der Waals surface area contributed by atoms with Crippen LogP contribution in [-0.4, -0.2) is 25.1 Å². The van der Waals surface area contributed by atoms with E-state index in [0.717, 1.165) is 32.1 Å². The molecule has 17 heavy (non-hydrogen) atoms. The molecule has 4 heteroatoms. The average molecular weight is 240 g/mol. The number of carbonyl (C=O) groups is 1. The molecule has 1 amide bonds. The zero-order chi connectivity index (χ0) is 12.5. The first-order chi connectivity index (χ1) is 8.25. The molecule has 0 aromatic heterocycles. The van der Waals surface area contributed by atoms with Gasteiger partial charge in [-0.15, -0.1) is 0 Å². The van der Waals surface area contributed by atoms with Gasteiger partial charge in [-0.2, -0.15) is 0 Å². The predicted molar refractivity (Wildman–Crippen MR) is 68.3 cm³/mol. The molecule has 0 spiro atoms. The van der Waals surface area contributed by atoms with E-state index < -0.39 is 0 Å². The van der Waals surface area contributed by atoms with Crippen molar-refractivity contribution >= 4 is 5.91 Å². The molecule has 0 saturated heterocycles. The Hall–Kier alpha value is -1.03. The molecule has 3 N–H and O–H groups in total. The summed E-state index contributed by atoms with van der Waals surface area (Å²) < 4.78 is 4.99. The summed E-state index contributed by atoms with van der Waals surface area (Å²) in [5.74, 6) is 0.107. The third-order valence-electron chi connectivity index (χ3n) is 3.26. The maximum Gasteiger partial charge on any atom is 0.224 e. The van der Waals surface area contributed by atoms with E-state index in [1.165, 1.54) is 12.7 Å². The van der Waals surface area contributed by atoms with Crippen molar-refractivity contribution in [1.82, 2.24) is 5.32 Å². The summed E-state index contributed by atoms with van der Waals surface area (Å²) in [7, 11) is 0. The van der Waals surface area contributed by atoms with Crippen LogP contribution in [0.25, 0.3) is 0 Å². The average Bonchev–Trinajstić information content (AvgIpc) is 2.53. The van der Waals surface area contributed by atoms with E-state index >= 15 is 0 Å². The second-order valence-electron chi connectivity index (χ2n) is 4.59. The largest absolute Gasteiger partial charge is 0.502 e. The fraction of sp³-hybridized carbons (Fsp3) is 0.769. The molecule has 1 saturated carbocycles. The van der Waals surface area contributed by atoms with Crippen LogP contribution in [0, 0.1) is 5.92 Å². The standard InChI is InChI=1S/C13H24N2O2/c1-2-17-10-6-9-15-13(16)11-7-4-3-5-8-12(11)14/h2,11-12H,1,3-10,14H2,(H,15,16). The smallest absolute Gasteiger partial charge is 0.224 e. The van der Waals surface area contributed by atoms with E-state index in [1.54, 1.807) is 0 Å². The minimum Gasteiger partial charge on any atom is -0.502 e. The monoisotopic (exact) mass is 240 g/mol. The van der Waals surface area contributed by atoms with Crippen molar-refractivity contribution in [2.75, 3.05) is 13.2 Å². The third-order valence-corrected chi connectivity index (χ3v) is 3.26.